The molecule has 0 bridgehead atoms. The minimum Gasteiger partial charge on any atom is -0.493 e. The second kappa shape index (κ2) is 10.4. The van der Waals surface area contributed by atoms with Crippen LogP contribution < -0.4 is 14.8 Å². The van der Waals surface area contributed by atoms with E-state index in [0.717, 1.165) is 12.7 Å². The number of rotatable bonds is 9. The molecule has 1 N–H and O–H groups in total. The minimum absolute atomic E-state index is 0.174. The van der Waals surface area contributed by atoms with Crippen LogP contribution in [0.2, 0.25) is 0 Å². The fourth-order valence-electron chi connectivity index (χ4n) is 3.34. The van der Waals surface area contributed by atoms with Gasteiger partial charge in [0.1, 0.15) is 5.25 Å². The van der Waals surface area contributed by atoms with Gasteiger partial charge in [-0.1, -0.05) is 0 Å². The molecule has 0 fully saturated rings. The second-order valence-electron chi connectivity index (χ2n) is 6.62. The monoisotopic (exact) mass is 441 g/mol. The van der Waals surface area contributed by atoms with Crippen LogP contribution in [-0.4, -0.2) is 60.5 Å². The fraction of sp³-hybridized carbons (Fsp3) is 0.500. The Morgan fingerprint density at radius 1 is 1.13 bits per heavy atom. The molecule has 0 radical (unpaired) electrons. The third kappa shape index (κ3) is 5.51. The molecule has 1 atom stereocenters. The third-order valence-electron chi connectivity index (χ3n) is 4.90. The zero-order chi connectivity index (χ0) is 22.3. The van der Waals surface area contributed by atoms with Gasteiger partial charge < -0.3 is 19.5 Å². The van der Waals surface area contributed by atoms with Crippen molar-refractivity contribution in [2.45, 2.75) is 30.9 Å². The third-order valence-corrected chi connectivity index (χ3v) is 6.55. The van der Waals surface area contributed by atoms with Crippen LogP contribution in [-0.2, 0) is 35.0 Å². The summed E-state index contributed by atoms with van der Waals surface area (Å²) in [5.41, 5.74) is 1.76. The van der Waals surface area contributed by atoms with Gasteiger partial charge in [-0.25, -0.2) is 0 Å². The molecule has 0 aromatic heterocycles. The summed E-state index contributed by atoms with van der Waals surface area (Å²) in [5, 5.41) is 1.67. The number of hydrogen-bond donors (Lipinski definition) is 1. The smallest absolute Gasteiger partial charge is 0.305 e. The van der Waals surface area contributed by atoms with Crippen molar-refractivity contribution in [3.8, 4) is 11.5 Å². The first-order chi connectivity index (χ1) is 14.3. The largest absolute Gasteiger partial charge is 0.493 e. The molecule has 0 spiro atoms. The summed E-state index contributed by atoms with van der Waals surface area (Å²) < 4.78 is 45.0. The van der Waals surface area contributed by atoms with Gasteiger partial charge in [-0.3, -0.25) is 13.8 Å². The average Bonchev–Trinajstić information content (AvgIpc) is 2.75. The lowest BCUT2D eigenvalue weighted by molar-refractivity contribution is -0.140. The van der Waals surface area contributed by atoms with Crippen LogP contribution in [0.3, 0.4) is 0 Å². The van der Waals surface area contributed by atoms with Gasteiger partial charge in [-0.05, 0) is 48.1 Å². The molecule has 30 heavy (non-hydrogen) atoms. The fourth-order valence-corrected chi connectivity index (χ4v) is 4.48. The number of benzene rings is 1. The van der Waals surface area contributed by atoms with Crippen LogP contribution in [0.1, 0.15) is 30.4 Å². The summed E-state index contributed by atoms with van der Waals surface area (Å²) in [4.78, 5) is 23.6. The topological polar surface area (TPSA) is 117 Å². The quantitative estimate of drug-likeness (QED) is 0.265. The lowest BCUT2D eigenvalue weighted by atomic mass is 9.86. The number of hydrogen-bond acceptors (Lipinski definition) is 8. The number of carbonyl (C=O) groups excluding carboxylic acids is 2. The Labute approximate surface area is 176 Å². The first-order valence-corrected chi connectivity index (χ1v) is 10.9. The Bertz CT molecular complexity index is 923. The molecule has 1 aromatic rings. The number of carbonyl (C=O) groups is 2. The van der Waals surface area contributed by atoms with Gasteiger partial charge in [0, 0.05) is 19.0 Å². The number of ether oxygens (including phenoxy) is 3. The molecule has 1 aliphatic rings. The predicted molar refractivity (Wildman–Crippen MR) is 110 cm³/mol. The van der Waals surface area contributed by atoms with Crippen molar-refractivity contribution in [2.24, 2.45) is 0 Å². The molecule has 2 rings (SSSR count). The van der Waals surface area contributed by atoms with Crippen molar-refractivity contribution in [3.63, 3.8) is 0 Å². The number of methoxy groups -OCH3 is 3. The van der Waals surface area contributed by atoms with Crippen LogP contribution in [0.5, 0.6) is 11.5 Å². The lowest BCUT2D eigenvalue weighted by Gasteiger charge is -2.28. The van der Waals surface area contributed by atoms with E-state index in [4.69, 9.17) is 13.7 Å². The van der Waals surface area contributed by atoms with Crippen LogP contribution in [0.25, 0.3) is 5.57 Å². The maximum Gasteiger partial charge on any atom is 0.305 e. The number of esters is 1. The molecular weight excluding hydrogens is 414 g/mol. The first kappa shape index (κ1) is 23.7. The van der Waals surface area contributed by atoms with Crippen molar-refractivity contribution < 1.29 is 36.4 Å². The van der Waals surface area contributed by atoms with Gasteiger partial charge in [0.25, 0.3) is 10.1 Å². The summed E-state index contributed by atoms with van der Waals surface area (Å²) in [6, 6.07) is 3.45. The summed E-state index contributed by atoms with van der Waals surface area (Å²) in [6.45, 7) is 0.248. The van der Waals surface area contributed by atoms with E-state index in [1.165, 1.54) is 27.4 Å². The van der Waals surface area contributed by atoms with Gasteiger partial charge in [0.2, 0.25) is 5.91 Å². The number of nitrogens with one attached hydrogen (secondary N) is 1. The highest BCUT2D eigenvalue weighted by Gasteiger charge is 2.35. The summed E-state index contributed by atoms with van der Waals surface area (Å²) >= 11 is 0. The Morgan fingerprint density at radius 3 is 2.40 bits per heavy atom. The minimum atomic E-state index is -3.92. The molecule has 0 aliphatic heterocycles. The van der Waals surface area contributed by atoms with Crippen LogP contribution in [0, 0.1) is 0 Å². The van der Waals surface area contributed by atoms with Gasteiger partial charge in [-0.2, -0.15) is 8.42 Å². The SMILES string of the molecule is COC(=O)CCCNC(=O)C=C1c2cc(OC)c(OC)cc2CCC1S(=O)(=O)OC. The molecule has 1 unspecified atom stereocenters. The van der Waals surface area contributed by atoms with E-state index in [1.807, 2.05) is 0 Å². The normalized spacial score (nSPS) is 17.2. The molecule has 9 nitrogen and oxygen atoms in total. The molecule has 1 aliphatic carbocycles. The van der Waals surface area contributed by atoms with Gasteiger partial charge >= 0.3 is 5.97 Å². The highest BCUT2D eigenvalue weighted by atomic mass is 32.2. The van der Waals surface area contributed by atoms with Gasteiger partial charge in [-0.15, -0.1) is 0 Å². The standard InChI is InChI=1S/C20H27NO8S/c1-26-16-10-13-7-8-18(30(24,25)29-4)15(14(13)11-17(16)27-2)12-19(22)21-9-5-6-20(23)28-3/h10-12,18H,5-9H2,1-4H3,(H,21,22). The molecule has 0 saturated heterocycles. The van der Waals surface area contributed by atoms with E-state index in [1.54, 1.807) is 12.1 Å². The van der Waals surface area contributed by atoms with E-state index in [0.29, 0.717) is 35.5 Å². The Hall–Kier alpha value is -2.59. The lowest BCUT2D eigenvalue weighted by Crippen LogP contribution is -2.30. The molecule has 1 amide bonds. The van der Waals surface area contributed by atoms with Crippen LogP contribution >= 0.6 is 0 Å². The Kier molecular flexibility index (Phi) is 8.24. The molecule has 0 saturated carbocycles. The summed E-state index contributed by atoms with van der Waals surface area (Å²) in [6.07, 6.45) is 2.58. The zero-order valence-electron chi connectivity index (χ0n) is 17.5. The molecule has 1 aromatic carbocycles. The molecule has 10 heteroatoms. The van der Waals surface area contributed by atoms with E-state index < -0.39 is 21.3 Å². The van der Waals surface area contributed by atoms with Crippen molar-refractivity contribution in [2.75, 3.05) is 35.0 Å². The van der Waals surface area contributed by atoms with Crippen molar-refractivity contribution in [1.82, 2.24) is 5.32 Å². The number of aryl methyl sites for hydroxylation is 1. The zero-order valence-corrected chi connectivity index (χ0v) is 18.3. The molecular formula is C20H27NO8S. The van der Waals surface area contributed by atoms with Crippen molar-refractivity contribution in [3.05, 3.63) is 29.3 Å². The second-order valence-corrected chi connectivity index (χ2v) is 8.51. The van der Waals surface area contributed by atoms with Crippen molar-refractivity contribution >= 4 is 27.6 Å². The van der Waals surface area contributed by atoms with Crippen LogP contribution in [0.15, 0.2) is 18.2 Å². The van der Waals surface area contributed by atoms with Crippen molar-refractivity contribution in [1.29, 1.82) is 0 Å². The van der Waals surface area contributed by atoms with E-state index in [2.05, 4.69) is 10.1 Å². The highest BCUT2D eigenvalue weighted by Crippen LogP contribution is 2.41. The Morgan fingerprint density at radius 2 is 1.80 bits per heavy atom. The maximum absolute atomic E-state index is 12.5. The average molecular weight is 442 g/mol. The summed E-state index contributed by atoms with van der Waals surface area (Å²) in [5.74, 6) is 0.122. The van der Waals surface area contributed by atoms with E-state index in [-0.39, 0.29) is 25.4 Å². The predicted octanol–water partition coefficient (Wildman–Crippen LogP) is 1.45. The first-order valence-electron chi connectivity index (χ1n) is 9.38. The van der Waals surface area contributed by atoms with Crippen LogP contribution in [0.4, 0.5) is 0 Å². The maximum atomic E-state index is 12.5. The highest BCUT2D eigenvalue weighted by molar-refractivity contribution is 7.87. The summed E-state index contributed by atoms with van der Waals surface area (Å²) in [7, 11) is 1.48. The Balaban J connectivity index is 2.37. The van der Waals surface area contributed by atoms with Gasteiger partial charge in [0.05, 0.1) is 28.4 Å². The number of amides is 1. The molecule has 166 valence electrons. The number of fused-ring (bicyclic) bond motifs is 1. The molecule has 0 heterocycles. The van der Waals surface area contributed by atoms with Gasteiger partial charge in [0.15, 0.2) is 11.5 Å². The van der Waals surface area contributed by atoms with E-state index in [9.17, 15) is 18.0 Å². The van der Waals surface area contributed by atoms with E-state index >= 15 is 0 Å².